The van der Waals surface area contributed by atoms with Gasteiger partial charge < -0.3 is 20.5 Å². The van der Waals surface area contributed by atoms with E-state index in [-0.39, 0.29) is 23.6 Å². The number of hydrogen-bond donors (Lipinski definition) is 3. The van der Waals surface area contributed by atoms with E-state index in [0.717, 1.165) is 6.07 Å². The van der Waals surface area contributed by atoms with Crippen molar-refractivity contribution in [3.63, 3.8) is 0 Å². The SMILES string of the molecule is COCCN1C[C@@H](NC(=O)Nc2c(C)c(-c3cnc(OC)c(C(N)=O)c3)nn2-c2ccccc2)[C@H](c2cnc(F)c(F)c2)O1. The Morgan fingerprint density at radius 1 is 1.14 bits per heavy atom. The lowest BCUT2D eigenvalue weighted by atomic mass is 10.0. The van der Waals surface area contributed by atoms with Crippen molar-refractivity contribution in [1.82, 2.24) is 30.1 Å². The van der Waals surface area contributed by atoms with Crippen molar-refractivity contribution in [1.29, 1.82) is 0 Å². The van der Waals surface area contributed by atoms with Crippen molar-refractivity contribution >= 4 is 17.8 Å². The summed E-state index contributed by atoms with van der Waals surface area (Å²) in [5.74, 6) is -2.68. The van der Waals surface area contributed by atoms with Gasteiger partial charge in [-0.25, -0.2) is 23.8 Å². The fourth-order valence-electron chi connectivity index (χ4n) is 4.84. The van der Waals surface area contributed by atoms with Crippen LogP contribution < -0.4 is 21.1 Å². The molecular formula is C29H30F2N8O5. The summed E-state index contributed by atoms with van der Waals surface area (Å²) in [4.78, 5) is 39.1. The molecule has 5 rings (SSSR count). The van der Waals surface area contributed by atoms with Gasteiger partial charge in [-0.2, -0.15) is 14.6 Å². The molecule has 230 valence electrons. The fourth-order valence-corrected chi connectivity index (χ4v) is 4.84. The Kier molecular flexibility index (Phi) is 9.08. The fraction of sp³-hybridized carbons (Fsp3) is 0.276. The number of urea groups is 1. The number of aromatic nitrogens is 4. The number of benzene rings is 1. The third-order valence-electron chi connectivity index (χ3n) is 6.97. The normalized spacial score (nSPS) is 16.6. The molecular weight excluding hydrogens is 578 g/mol. The number of para-hydroxylation sites is 1. The van der Waals surface area contributed by atoms with Crippen LogP contribution in [0.25, 0.3) is 16.9 Å². The van der Waals surface area contributed by atoms with Gasteiger partial charge in [0.1, 0.15) is 17.5 Å². The second-order valence-corrected chi connectivity index (χ2v) is 9.87. The first kappa shape index (κ1) is 30.5. The topological polar surface area (TPSA) is 159 Å². The van der Waals surface area contributed by atoms with Gasteiger partial charge >= 0.3 is 6.03 Å². The highest BCUT2D eigenvalue weighted by atomic mass is 19.2. The smallest absolute Gasteiger partial charge is 0.320 e. The van der Waals surface area contributed by atoms with Gasteiger partial charge in [0.05, 0.1) is 31.1 Å². The number of carbonyl (C=O) groups is 2. The molecule has 0 radical (unpaired) electrons. The van der Waals surface area contributed by atoms with Crippen molar-refractivity contribution in [2.24, 2.45) is 5.73 Å². The molecule has 1 aliphatic heterocycles. The van der Waals surface area contributed by atoms with E-state index >= 15 is 0 Å². The molecule has 4 heterocycles. The number of anilines is 1. The zero-order valence-corrected chi connectivity index (χ0v) is 24.1. The molecule has 1 aliphatic rings. The first-order chi connectivity index (χ1) is 21.2. The number of nitrogens with one attached hydrogen (secondary N) is 2. The number of hydrogen-bond acceptors (Lipinski definition) is 9. The summed E-state index contributed by atoms with van der Waals surface area (Å²) >= 11 is 0. The summed E-state index contributed by atoms with van der Waals surface area (Å²) in [5, 5.41) is 12.0. The average molecular weight is 609 g/mol. The maximum atomic E-state index is 14.0. The minimum atomic E-state index is -1.24. The molecule has 3 aromatic heterocycles. The van der Waals surface area contributed by atoms with Crippen LogP contribution in [0.1, 0.15) is 27.6 Å². The molecule has 0 bridgehead atoms. The zero-order valence-electron chi connectivity index (χ0n) is 24.1. The second kappa shape index (κ2) is 13.1. The highest BCUT2D eigenvalue weighted by molar-refractivity contribution is 5.96. The number of ether oxygens (including phenoxy) is 2. The van der Waals surface area contributed by atoms with Gasteiger partial charge in [0.25, 0.3) is 5.91 Å². The summed E-state index contributed by atoms with van der Waals surface area (Å²) in [6.07, 6.45) is 1.80. The van der Waals surface area contributed by atoms with E-state index in [0.29, 0.717) is 41.5 Å². The highest BCUT2D eigenvalue weighted by Crippen LogP contribution is 2.33. The minimum absolute atomic E-state index is 0.0722. The number of carbonyl (C=O) groups excluding carboxylic acids is 2. The molecule has 13 nitrogen and oxygen atoms in total. The predicted octanol–water partition coefficient (Wildman–Crippen LogP) is 3.15. The van der Waals surface area contributed by atoms with Crippen molar-refractivity contribution in [3.05, 3.63) is 83.3 Å². The average Bonchev–Trinajstić information content (AvgIpc) is 3.57. The quantitative estimate of drug-likeness (QED) is 0.230. The van der Waals surface area contributed by atoms with Crippen LogP contribution in [0.4, 0.5) is 19.4 Å². The Morgan fingerprint density at radius 3 is 2.59 bits per heavy atom. The molecule has 4 N–H and O–H groups in total. The van der Waals surface area contributed by atoms with Gasteiger partial charge in [0.2, 0.25) is 11.8 Å². The van der Waals surface area contributed by atoms with Crippen LogP contribution in [0, 0.1) is 18.7 Å². The molecule has 1 aromatic carbocycles. The van der Waals surface area contributed by atoms with Crippen LogP contribution in [-0.2, 0) is 9.57 Å². The van der Waals surface area contributed by atoms with Gasteiger partial charge in [0, 0.05) is 49.3 Å². The van der Waals surface area contributed by atoms with Crippen LogP contribution in [0.5, 0.6) is 5.88 Å². The van der Waals surface area contributed by atoms with Crippen LogP contribution in [0.2, 0.25) is 0 Å². The summed E-state index contributed by atoms with van der Waals surface area (Å²) in [5.41, 5.74) is 7.98. The number of pyridine rings is 2. The molecule has 0 unspecified atom stereocenters. The monoisotopic (exact) mass is 608 g/mol. The van der Waals surface area contributed by atoms with Crippen molar-refractivity contribution in [3.8, 4) is 22.8 Å². The van der Waals surface area contributed by atoms with Gasteiger partial charge in [-0.05, 0) is 31.2 Å². The molecule has 0 aliphatic carbocycles. The summed E-state index contributed by atoms with van der Waals surface area (Å²) in [6.45, 7) is 2.70. The summed E-state index contributed by atoms with van der Waals surface area (Å²) < 4.78 is 39.4. The minimum Gasteiger partial charge on any atom is -0.480 e. The number of primary amides is 1. The Labute approximate surface area is 250 Å². The van der Waals surface area contributed by atoms with Crippen molar-refractivity contribution in [2.45, 2.75) is 19.1 Å². The van der Waals surface area contributed by atoms with Gasteiger partial charge in [-0.3, -0.25) is 14.9 Å². The lowest BCUT2D eigenvalue weighted by Crippen LogP contribution is -2.42. The Morgan fingerprint density at radius 2 is 1.91 bits per heavy atom. The second-order valence-electron chi connectivity index (χ2n) is 9.87. The van der Waals surface area contributed by atoms with Crippen LogP contribution in [-0.4, -0.2) is 76.7 Å². The largest absolute Gasteiger partial charge is 0.480 e. The standard InChI is InChI=1S/C29H30F2N8O5/c1-16-23(17-11-20(26(32)40)28(43-3)34-13-17)37-39(19-7-5-4-6-8-19)27(16)36-29(41)35-22-15-38(9-10-42-2)44-24(22)18-12-21(30)25(31)33-14-18/h4-8,11-14,22,24H,9-10,15H2,1-3H3,(H2,32,40)(H2,35,36,41)/t22-,24+/m1/s1. The molecule has 0 spiro atoms. The lowest BCUT2D eigenvalue weighted by Gasteiger charge is -2.19. The molecule has 15 heteroatoms. The van der Waals surface area contributed by atoms with E-state index in [1.54, 1.807) is 23.8 Å². The molecule has 4 aromatic rings. The molecule has 3 amide bonds. The van der Waals surface area contributed by atoms with Crippen LogP contribution >= 0.6 is 0 Å². The third kappa shape index (κ3) is 6.34. The van der Waals surface area contributed by atoms with E-state index in [4.69, 9.17) is 25.1 Å². The van der Waals surface area contributed by atoms with Crippen molar-refractivity contribution in [2.75, 3.05) is 39.2 Å². The first-order valence-corrected chi connectivity index (χ1v) is 13.5. The van der Waals surface area contributed by atoms with Gasteiger partial charge in [-0.15, -0.1) is 0 Å². The van der Waals surface area contributed by atoms with Gasteiger partial charge in [-0.1, -0.05) is 18.2 Å². The first-order valence-electron chi connectivity index (χ1n) is 13.5. The summed E-state index contributed by atoms with van der Waals surface area (Å²) in [7, 11) is 2.92. The Hall–Kier alpha value is -4.99. The number of halogens is 2. The number of nitrogens with two attached hydrogens (primary N) is 1. The Bertz CT molecular complexity index is 1670. The van der Waals surface area contributed by atoms with E-state index in [9.17, 15) is 18.4 Å². The van der Waals surface area contributed by atoms with E-state index in [1.165, 1.54) is 25.6 Å². The number of amides is 3. The molecule has 1 saturated heterocycles. The molecule has 44 heavy (non-hydrogen) atoms. The third-order valence-corrected chi connectivity index (χ3v) is 6.97. The molecule has 0 saturated carbocycles. The van der Waals surface area contributed by atoms with E-state index in [1.807, 2.05) is 30.3 Å². The number of rotatable bonds is 10. The number of nitrogens with zero attached hydrogens (tertiary/aromatic N) is 5. The van der Waals surface area contributed by atoms with E-state index in [2.05, 4.69) is 20.6 Å². The molecule has 1 fully saturated rings. The van der Waals surface area contributed by atoms with E-state index < -0.39 is 35.8 Å². The molecule has 2 atom stereocenters. The van der Waals surface area contributed by atoms with Crippen LogP contribution in [0.15, 0.2) is 54.9 Å². The highest BCUT2D eigenvalue weighted by Gasteiger charge is 2.37. The maximum absolute atomic E-state index is 14.0. The number of hydroxylamine groups is 2. The van der Waals surface area contributed by atoms with Crippen molar-refractivity contribution < 1.29 is 32.7 Å². The Balaban J connectivity index is 1.46. The number of methoxy groups -OCH3 is 2. The lowest BCUT2D eigenvalue weighted by molar-refractivity contribution is -0.154. The van der Waals surface area contributed by atoms with Gasteiger partial charge in [0.15, 0.2) is 5.82 Å². The summed E-state index contributed by atoms with van der Waals surface area (Å²) in [6, 6.07) is 10.3. The van der Waals surface area contributed by atoms with Crippen LogP contribution in [0.3, 0.4) is 0 Å². The maximum Gasteiger partial charge on any atom is 0.320 e. The predicted molar refractivity (Wildman–Crippen MR) is 154 cm³/mol. The zero-order chi connectivity index (χ0) is 31.4.